The number of fused-ring (bicyclic) bond motifs is 1. The second-order valence-corrected chi connectivity index (χ2v) is 6.77. The van der Waals surface area contributed by atoms with Gasteiger partial charge in [-0.1, -0.05) is 12.1 Å². The van der Waals surface area contributed by atoms with E-state index in [0.717, 1.165) is 42.3 Å². The molecule has 1 aliphatic rings. The van der Waals surface area contributed by atoms with Crippen molar-refractivity contribution in [2.75, 3.05) is 18.7 Å². The Morgan fingerprint density at radius 2 is 1.88 bits per heavy atom. The van der Waals surface area contributed by atoms with Gasteiger partial charge in [-0.15, -0.1) is 0 Å². The van der Waals surface area contributed by atoms with E-state index in [2.05, 4.69) is 22.8 Å². The molecular weight excluding hydrogens is 348 g/mol. The fraction of sp³-hybridized carbons (Fsp3) is 0.350. The topological polar surface area (TPSA) is 51.8 Å². The van der Waals surface area contributed by atoms with Gasteiger partial charge in [0.15, 0.2) is 16.6 Å². The summed E-state index contributed by atoms with van der Waals surface area (Å²) in [6.45, 7) is 5.13. The Morgan fingerprint density at radius 3 is 2.65 bits per heavy atom. The lowest BCUT2D eigenvalue weighted by Gasteiger charge is -2.12. The van der Waals surface area contributed by atoms with Crippen LogP contribution in [-0.4, -0.2) is 24.6 Å². The van der Waals surface area contributed by atoms with Crippen LogP contribution < -0.4 is 24.8 Å². The minimum absolute atomic E-state index is 0.198. The van der Waals surface area contributed by atoms with Crippen LogP contribution in [0.1, 0.15) is 25.8 Å². The first-order valence-corrected chi connectivity index (χ1v) is 9.21. The van der Waals surface area contributed by atoms with Crippen molar-refractivity contribution in [3.05, 3.63) is 48.0 Å². The van der Waals surface area contributed by atoms with Gasteiger partial charge >= 0.3 is 0 Å². The third-order valence-electron chi connectivity index (χ3n) is 3.85. The molecule has 5 nitrogen and oxygen atoms in total. The summed E-state index contributed by atoms with van der Waals surface area (Å²) in [5, 5.41) is 7.00. The fourth-order valence-corrected chi connectivity index (χ4v) is 2.87. The lowest BCUT2D eigenvalue weighted by Crippen LogP contribution is -2.29. The summed E-state index contributed by atoms with van der Waals surface area (Å²) in [6.07, 6.45) is 2.18. The van der Waals surface area contributed by atoms with Gasteiger partial charge in [0.1, 0.15) is 5.75 Å². The van der Waals surface area contributed by atoms with Crippen LogP contribution in [0.25, 0.3) is 0 Å². The van der Waals surface area contributed by atoms with Crippen LogP contribution in [0.4, 0.5) is 5.69 Å². The van der Waals surface area contributed by atoms with E-state index in [9.17, 15) is 0 Å². The molecule has 2 aromatic rings. The monoisotopic (exact) mass is 372 g/mol. The molecule has 138 valence electrons. The van der Waals surface area contributed by atoms with Crippen LogP contribution in [0.2, 0.25) is 0 Å². The standard InChI is InChI=1S/C20H24N2O3S/c1-14(2)25-17-8-5-15(6-9-17)4-3-11-21-20(26)22-16-7-10-18-19(12-16)24-13-23-18/h5-10,12,14H,3-4,11,13H2,1-2H3,(H2,21,22,26). The van der Waals surface area contributed by atoms with Crippen LogP contribution >= 0.6 is 12.2 Å². The van der Waals surface area contributed by atoms with Crippen molar-refractivity contribution in [1.82, 2.24) is 5.32 Å². The van der Waals surface area contributed by atoms with Crippen LogP contribution in [0.15, 0.2) is 42.5 Å². The van der Waals surface area contributed by atoms with E-state index in [1.54, 1.807) is 0 Å². The number of hydrogen-bond acceptors (Lipinski definition) is 4. The third-order valence-corrected chi connectivity index (χ3v) is 4.10. The molecule has 0 spiro atoms. The average Bonchev–Trinajstić information content (AvgIpc) is 3.07. The Kier molecular flexibility index (Phi) is 6.17. The van der Waals surface area contributed by atoms with Crippen LogP contribution in [-0.2, 0) is 6.42 Å². The van der Waals surface area contributed by atoms with E-state index >= 15 is 0 Å². The summed E-state index contributed by atoms with van der Waals surface area (Å²) in [7, 11) is 0. The third kappa shape index (κ3) is 5.26. The molecule has 1 heterocycles. The molecule has 2 N–H and O–H groups in total. The molecule has 26 heavy (non-hydrogen) atoms. The number of nitrogens with one attached hydrogen (secondary N) is 2. The molecule has 0 saturated carbocycles. The van der Waals surface area contributed by atoms with Gasteiger partial charge in [0.05, 0.1) is 6.10 Å². The molecule has 0 radical (unpaired) electrons. The van der Waals surface area contributed by atoms with E-state index in [1.807, 2.05) is 44.2 Å². The molecular formula is C20H24N2O3S. The van der Waals surface area contributed by atoms with Crippen molar-refractivity contribution in [2.45, 2.75) is 32.8 Å². The minimum atomic E-state index is 0.198. The fourth-order valence-electron chi connectivity index (χ4n) is 2.65. The molecule has 0 amide bonds. The quantitative estimate of drug-likeness (QED) is 0.563. The second-order valence-electron chi connectivity index (χ2n) is 6.36. The van der Waals surface area contributed by atoms with Gasteiger partial charge < -0.3 is 24.8 Å². The number of rotatable bonds is 7. The van der Waals surface area contributed by atoms with Gasteiger partial charge in [0.2, 0.25) is 6.79 Å². The molecule has 0 fully saturated rings. The van der Waals surface area contributed by atoms with E-state index in [0.29, 0.717) is 5.11 Å². The first-order chi connectivity index (χ1) is 12.6. The summed E-state index contributed by atoms with van der Waals surface area (Å²) < 4.78 is 16.3. The second kappa shape index (κ2) is 8.76. The number of anilines is 1. The molecule has 2 aromatic carbocycles. The van der Waals surface area contributed by atoms with Crippen molar-refractivity contribution in [3.63, 3.8) is 0 Å². The Morgan fingerprint density at radius 1 is 1.12 bits per heavy atom. The van der Waals surface area contributed by atoms with E-state index in [-0.39, 0.29) is 12.9 Å². The Hall–Kier alpha value is -2.47. The van der Waals surface area contributed by atoms with Crippen molar-refractivity contribution in [1.29, 1.82) is 0 Å². The zero-order valence-corrected chi connectivity index (χ0v) is 15.9. The Balaban J connectivity index is 1.37. The lowest BCUT2D eigenvalue weighted by molar-refractivity contribution is 0.174. The summed E-state index contributed by atoms with van der Waals surface area (Å²) in [4.78, 5) is 0. The maximum Gasteiger partial charge on any atom is 0.231 e. The summed E-state index contributed by atoms with van der Waals surface area (Å²) >= 11 is 5.34. The molecule has 0 bridgehead atoms. The SMILES string of the molecule is CC(C)Oc1ccc(CCCNC(=S)Nc2ccc3c(c2)OCO3)cc1. The van der Waals surface area contributed by atoms with Crippen molar-refractivity contribution < 1.29 is 14.2 Å². The van der Waals surface area contributed by atoms with Crippen LogP contribution in [0.5, 0.6) is 17.2 Å². The van der Waals surface area contributed by atoms with Crippen LogP contribution in [0, 0.1) is 0 Å². The molecule has 3 rings (SSSR count). The minimum Gasteiger partial charge on any atom is -0.491 e. The predicted molar refractivity (Wildman–Crippen MR) is 107 cm³/mol. The van der Waals surface area contributed by atoms with Gasteiger partial charge in [-0.3, -0.25) is 0 Å². The normalized spacial score (nSPS) is 12.1. The number of aryl methyl sites for hydroxylation is 1. The van der Waals surface area contributed by atoms with Gasteiger partial charge in [-0.25, -0.2) is 0 Å². The molecule has 0 aliphatic carbocycles. The highest BCUT2D eigenvalue weighted by atomic mass is 32.1. The lowest BCUT2D eigenvalue weighted by atomic mass is 10.1. The van der Waals surface area contributed by atoms with Crippen LogP contribution in [0.3, 0.4) is 0 Å². The van der Waals surface area contributed by atoms with Crippen molar-refractivity contribution in [2.24, 2.45) is 0 Å². The predicted octanol–water partition coefficient (Wildman–Crippen LogP) is 4.12. The molecule has 1 aliphatic heterocycles. The van der Waals surface area contributed by atoms with Gasteiger partial charge in [-0.05, 0) is 68.7 Å². The molecule has 6 heteroatoms. The highest BCUT2D eigenvalue weighted by Gasteiger charge is 2.13. The summed E-state index contributed by atoms with van der Waals surface area (Å²) in [6, 6.07) is 13.9. The highest BCUT2D eigenvalue weighted by molar-refractivity contribution is 7.80. The first kappa shape index (κ1) is 18.3. The number of hydrogen-bond donors (Lipinski definition) is 2. The van der Waals surface area contributed by atoms with E-state index in [4.69, 9.17) is 26.4 Å². The summed E-state index contributed by atoms with van der Waals surface area (Å²) in [5.74, 6) is 2.41. The Labute approximate surface area is 159 Å². The summed E-state index contributed by atoms with van der Waals surface area (Å²) in [5.41, 5.74) is 2.17. The van der Waals surface area contributed by atoms with Crippen molar-refractivity contribution in [3.8, 4) is 17.2 Å². The Bertz CT molecular complexity index is 747. The molecule has 0 aromatic heterocycles. The van der Waals surface area contributed by atoms with Gasteiger partial charge in [-0.2, -0.15) is 0 Å². The molecule has 0 unspecified atom stereocenters. The number of benzene rings is 2. The number of thiocarbonyl (C=S) groups is 1. The van der Waals surface area contributed by atoms with E-state index in [1.165, 1.54) is 5.56 Å². The largest absolute Gasteiger partial charge is 0.491 e. The maximum atomic E-state index is 5.66. The highest BCUT2D eigenvalue weighted by Crippen LogP contribution is 2.34. The zero-order valence-electron chi connectivity index (χ0n) is 15.1. The van der Waals surface area contributed by atoms with Crippen molar-refractivity contribution >= 4 is 23.0 Å². The smallest absolute Gasteiger partial charge is 0.231 e. The average molecular weight is 372 g/mol. The molecule has 0 saturated heterocycles. The van der Waals surface area contributed by atoms with Gasteiger partial charge in [0.25, 0.3) is 0 Å². The zero-order chi connectivity index (χ0) is 18.4. The van der Waals surface area contributed by atoms with Gasteiger partial charge in [0, 0.05) is 18.3 Å². The first-order valence-electron chi connectivity index (χ1n) is 8.80. The molecule has 0 atom stereocenters. The van der Waals surface area contributed by atoms with E-state index < -0.39 is 0 Å². The maximum absolute atomic E-state index is 5.66. The number of ether oxygens (including phenoxy) is 3.